The Kier molecular flexibility index (Phi) is 6.42. The van der Waals surface area contributed by atoms with Crippen molar-refractivity contribution in [2.45, 2.75) is 37.5 Å². The molecule has 0 radical (unpaired) electrons. The molecule has 1 N–H and O–H groups in total. The number of aromatic nitrogens is 1. The fourth-order valence-corrected chi connectivity index (χ4v) is 3.59. The quantitative estimate of drug-likeness (QED) is 0.344. The number of rotatable bonds is 7. The molecule has 0 atom stereocenters. The molecule has 0 unspecified atom stereocenters. The highest BCUT2D eigenvalue weighted by Gasteiger charge is 2.18. The first-order chi connectivity index (χ1) is 13.4. The van der Waals surface area contributed by atoms with Crippen LogP contribution in [0.2, 0.25) is 5.02 Å². The van der Waals surface area contributed by atoms with Crippen LogP contribution in [0.25, 0.3) is 0 Å². The highest BCUT2D eigenvalue weighted by atomic mass is 35.5. The molecule has 0 spiro atoms. The van der Waals surface area contributed by atoms with Gasteiger partial charge in [-0.15, -0.1) is 0 Å². The summed E-state index contributed by atoms with van der Waals surface area (Å²) in [5.74, 6) is -0.0898. The molecule has 0 fully saturated rings. The number of halogens is 1. The van der Waals surface area contributed by atoms with Gasteiger partial charge in [0.05, 0.1) is 5.69 Å². The third-order valence-electron chi connectivity index (χ3n) is 4.97. The first kappa shape index (κ1) is 20.4. The maximum atomic E-state index is 12.9. The molecule has 0 aliphatic rings. The average Bonchev–Trinajstić information content (AvgIpc) is 2.73. The summed E-state index contributed by atoms with van der Waals surface area (Å²) in [6, 6.07) is 17.2. The third kappa shape index (κ3) is 4.75. The van der Waals surface area contributed by atoms with Gasteiger partial charge in [-0.2, -0.15) is 0 Å². The number of carbonyl (C=O) groups excluding carboxylic acids is 1. The van der Waals surface area contributed by atoms with E-state index in [0.717, 1.165) is 17.0 Å². The lowest BCUT2D eigenvalue weighted by Gasteiger charge is -2.23. The summed E-state index contributed by atoms with van der Waals surface area (Å²) in [5.41, 5.74) is 3.33. The zero-order valence-corrected chi connectivity index (χ0v) is 17.8. The Bertz CT molecular complexity index is 956. The Balaban J connectivity index is 1.79. The second kappa shape index (κ2) is 8.80. The van der Waals surface area contributed by atoms with Crippen LogP contribution < -0.4 is 4.72 Å². The Morgan fingerprint density at radius 2 is 1.75 bits per heavy atom. The molecule has 5 heteroatoms. The number of ketones is 1. The third-order valence-corrected chi connectivity index (χ3v) is 6.03. The zero-order chi connectivity index (χ0) is 20.1. The monoisotopic (exact) mass is 410 g/mol. The van der Waals surface area contributed by atoms with Crippen molar-refractivity contribution in [3.8, 4) is 0 Å². The number of pyridine rings is 1. The highest BCUT2D eigenvalue weighted by molar-refractivity contribution is 8.00. The lowest BCUT2D eigenvalue weighted by molar-refractivity contribution is 0.103. The van der Waals surface area contributed by atoms with Gasteiger partial charge in [-0.05, 0) is 71.8 Å². The highest BCUT2D eigenvalue weighted by Crippen LogP contribution is 2.31. The van der Waals surface area contributed by atoms with Crippen LogP contribution in [0.5, 0.6) is 0 Å². The van der Waals surface area contributed by atoms with E-state index in [-0.39, 0.29) is 11.2 Å². The minimum absolute atomic E-state index is 0.0898. The molecule has 1 heterocycles. The van der Waals surface area contributed by atoms with Gasteiger partial charge in [-0.1, -0.05) is 44.5 Å². The van der Waals surface area contributed by atoms with Crippen molar-refractivity contribution in [1.82, 2.24) is 4.98 Å². The van der Waals surface area contributed by atoms with Crippen LogP contribution in [0.3, 0.4) is 0 Å². The molecule has 0 aliphatic heterocycles. The molecule has 0 bridgehead atoms. The van der Waals surface area contributed by atoms with Crippen LogP contribution in [0.15, 0.2) is 71.9 Å². The molecule has 0 saturated heterocycles. The molecule has 3 rings (SSSR count). The second-order valence-electron chi connectivity index (χ2n) is 7.22. The molecule has 0 saturated carbocycles. The van der Waals surface area contributed by atoms with E-state index in [4.69, 9.17) is 11.6 Å². The van der Waals surface area contributed by atoms with Crippen LogP contribution in [0, 0.1) is 0 Å². The Morgan fingerprint density at radius 3 is 2.39 bits per heavy atom. The van der Waals surface area contributed by atoms with Crippen molar-refractivity contribution in [1.29, 1.82) is 0 Å². The molecule has 2 aromatic carbocycles. The summed E-state index contributed by atoms with van der Waals surface area (Å²) in [4.78, 5) is 17.9. The summed E-state index contributed by atoms with van der Waals surface area (Å²) in [7, 11) is 0. The van der Waals surface area contributed by atoms with Crippen LogP contribution >= 0.6 is 23.5 Å². The standard InChI is InChI=1S/C23H23ClN2OS/c1-4-23(2,3)17-5-8-19(9-6-17)28-26-21-10-7-18(24)15-20(21)22(27)16-11-13-25-14-12-16/h5-15,26H,4H2,1-3H3. The predicted molar refractivity (Wildman–Crippen MR) is 118 cm³/mol. The molecule has 0 amide bonds. The maximum Gasteiger partial charge on any atom is 0.195 e. The van der Waals surface area contributed by atoms with Crippen LogP contribution in [0.4, 0.5) is 5.69 Å². The average molecular weight is 411 g/mol. The van der Waals surface area contributed by atoms with Gasteiger partial charge in [0.25, 0.3) is 0 Å². The summed E-state index contributed by atoms with van der Waals surface area (Å²) in [6.45, 7) is 6.70. The van der Waals surface area contributed by atoms with E-state index in [1.54, 1.807) is 36.7 Å². The van der Waals surface area contributed by atoms with Crippen molar-refractivity contribution in [2.24, 2.45) is 0 Å². The van der Waals surface area contributed by atoms with Crippen molar-refractivity contribution < 1.29 is 4.79 Å². The van der Waals surface area contributed by atoms with E-state index in [1.807, 2.05) is 6.07 Å². The molecule has 1 aromatic heterocycles. The second-order valence-corrected chi connectivity index (χ2v) is 8.54. The molecular formula is C23H23ClN2OS. The summed E-state index contributed by atoms with van der Waals surface area (Å²) < 4.78 is 3.30. The number of anilines is 1. The summed E-state index contributed by atoms with van der Waals surface area (Å²) in [5, 5.41) is 0.527. The predicted octanol–water partition coefficient (Wildman–Crippen LogP) is 6.77. The lowest BCUT2D eigenvalue weighted by Crippen LogP contribution is -2.14. The number of carbonyl (C=O) groups is 1. The summed E-state index contributed by atoms with van der Waals surface area (Å²) in [6.07, 6.45) is 4.31. The van der Waals surface area contributed by atoms with E-state index in [2.05, 4.69) is 54.7 Å². The molecule has 3 aromatic rings. The largest absolute Gasteiger partial charge is 0.325 e. The van der Waals surface area contributed by atoms with Gasteiger partial charge in [0.15, 0.2) is 5.78 Å². The van der Waals surface area contributed by atoms with Gasteiger partial charge in [-0.3, -0.25) is 9.78 Å². The first-order valence-corrected chi connectivity index (χ1v) is 10.4. The normalized spacial score (nSPS) is 11.3. The molecule has 28 heavy (non-hydrogen) atoms. The van der Waals surface area contributed by atoms with Crippen molar-refractivity contribution in [3.05, 3.63) is 88.7 Å². The Hall–Kier alpha value is -2.30. The fourth-order valence-electron chi connectivity index (χ4n) is 2.74. The van der Waals surface area contributed by atoms with E-state index in [9.17, 15) is 4.79 Å². The SMILES string of the molecule is CCC(C)(C)c1ccc(SNc2ccc(Cl)cc2C(=O)c2ccncc2)cc1. The molecular weight excluding hydrogens is 388 g/mol. The van der Waals surface area contributed by atoms with Gasteiger partial charge >= 0.3 is 0 Å². The van der Waals surface area contributed by atoms with Gasteiger partial charge in [0, 0.05) is 33.4 Å². The minimum atomic E-state index is -0.0898. The van der Waals surface area contributed by atoms with E-state index < -0.39 is 0 Å². The Labute approximate surface area is 175 Å². The van der Waals surface area contributed by atoms with E-state index in [0.29, 0.717) is 16.1 Å². The van der Waals surface area contributed by atoms with Crippen LogP contribution in [-0.4, -0.2) is 10.8 Å². The Morgan fingerprint density at radius 1 is 1.07 bits per heavy atom. The number of nitrogens with zero attached hydrogens (tertiary/aromatic N) is 1. The minimum Gasteiger partial charge on any atom is -0.325 e. The fraction of sp³-hybridized carbons (Fsp3) is 0.217. The van der Waals surface area contributed by atoms with Gasteiger partial charge in [0.2, 0.25) is 0 Å². The van der Waals surface area contributed by atoms with Crippen molar-refractivity contribution in [3.63, 3.8) is 0 Å². The topological polar surface area (TPSA) is 42.0 Å². The van der Waals surface area contributed by atoms with Gasteiger partial charge < -0.3 is 4.72 Å². The van der Waals surface area contributed by atoms with Crippen LogP contribution in [-0.2, 0) is 5.41 Å². The summed E-state index contributed by atoms with van der Waals surface area (Å²) >= 11 is 7.62. The lowest BCUT2D eigenvalue weighted by atomic mass is 9.82. The van der Waals surface area contributed by atoms with Crippen molar-refractivity contribution >= 4 is 35.0 Å². The molecule has 3 nitrogen and oxygen atoms in total. The molecule has 0 aliphatic carbocycles. The maximum absolute atomic E-state index is 12.9. The number of nitrogens with one attached hydrogen (secondary N) is 1. The number of hydrogen-bond acceptors (Lipinski definition) is 4. The number of benzene rings is 2. The van der Waals surface area contributed by atoms with Gasteiger partial charge in [-0.25, -0.2) is 0 Å². The van der Waals surface area contributed by atoms with E-state index >= 15 is 0 Å². The first-order valence-electron chi connectivity index (χ1n) is 9.18. The van der Waals surface area contributed by atoms with Gasteiger partial charge in [0.1, 0.15) is 0 Å². The van der Waals surface area contributed by atoms with Crippen LogP contribution in [0.1, 0.15) is 48.7 Å². The number of hydrogen-bond donors (Lipinski definition) is 1. The molecule has 144 valence electrons. The van der Waals surface area contributed by atoms with E-state index in [1.165, 1.54) is 17.5 Å². The zero-order valence-electron chi connectivity index (χ0n) is 16.2. The van der Waals surface area contributed by atoms with Crippen molar-refractivity contribution in [2.75, 3.05) is 4.72 Å². The smallest absolute Gasteiger partial charge is 0.195 e.